The molecule has 2 nitrogen and oxygen atoms in total. The summed E-state index contributed by atoms with van der Waals surface area (Å²) in [4.78, 5) is 4.05. The van der Waals surface area contributed by atoms with Gasteiger partial charge in [-0.2, -0.15) is 0 Å². The zero-order chi connectivity index (χ0) is 8.65. The molecule has 0 spiro atoms. The van der Waals surface area contributed by atoms with Gasteiger partial charge in [-0.25, -0.2) is 4.98 Å². The molecule has 12 heavy (non-hydrogen) atoms. The fourth-order valence-electron chi connectivity index (χ4n) is 0.785. The van der Waals surface area contributed by atoms with E-state index in [1.165, 1.54) is 0 Å². The third-order valence-corrected chi connectivity index (χ3v) is 1.99. The molecule has 0 aromatic carbocycles. The molecule has 0 aliphatic heterocycles. The van der Waals surface area contributed by atoms with E-state index >= 15 is 0 Å². The fourth-order valence-corrected chi connectivity index (χ4v) is 1.27. The molecule has 1 aromatic heterocycles. The monoisotopic (exact) mass is 180 g/mol. The van der Waals surface area contributed by atoms with Crippen LogP contribution in [0.4, 0.5) is 0 Å². The summed E-state index contributed by atoms with van der Waals surface area (Å²) < 4.78 is 0. The Kier molecular flexibility index (Phi) is 4.43. The lowest BCUT2D eigenvalue weighted by atomic mass is 10.2. The molecule has 0 amide bonds. The molecular weight excluding hydrogens is 168 g/mol. The van der Waals surface area contributed by atoms with Crippen molar-refractivity contribution in [2.75, 3.05) is 6.54 Å². The first kappa shape index (κ1) is 9.24. The van der Waals surface area contributed by atoms with Gasteiger partial charge < -0.3 is 5.73 Å². The summed E-state index contributed by atoms with van der Waals surface area (Å²) in [5, 5.41) is 1.95. The molecule has 1 rings (SSSR count). The number of thiazole rings is 1. The largest absolute Gasteiger partial charge is 0.330 e. The Morgan fingerprint density at radius 1 is 1.50 bits per heavy atom. The quantitative estimate of drug-likeness (QED) is 0.567. The van der Waals surface area contributed by atoms with Crippen LogP contribution in [0.25, 0.3) is 0 Å². The highest BCUT2D eigenvalue weighted by molar-refractivity contribution is 7.07. The summed E-state index contributed by atoms with van der Waals surface area (Å²) >= 11 is 1.57. The van der Waals surface area contributed by atoms with Crippen LogP contribution in [0, 0.1) is 11.8 Å². The van der Waals surface area contributed by atoms with Crippen LogP contribution in [0.5, 0.6) is 0 Å². The lowest BCUT2D eigenvalue weighted by Crippen LogP contribution is -1.96. The molecule has 0 radical (unpaired) electrons. The maximum atomic E-state index is 5.35. The molecule has 0 atom stereocenters. The van der Waals surface area contributed by atoms with E-state index in [2.05, 4.69) is 16.8 Å². The highest BCUT2D eigenvalue weighted by Gasteiger charge is 1.85. The van der Waals surface area contributed by atoms with Crippen LogP contribution >= 0.6 is 11.3 Å². The van der Waals surface area contributed by atoms with Crippen molar-refractivity contribution in [2.24, 2.45) is 5.73 Å². The number of unbranched alkanes of at least 4 members (excludes halogenated alkanes) is 2. The van der Waals surface area contributed by atoms with Crippen molar-refractivity contribution in [2.45, 2.75) is 19.3 Å². The van der Waals surface area contributed by atoms with Gasteiger partial charge in [0.1, 0.15) is 5.69 Å². The van der Waals surface area contributed by atoms with Crippen LogP contribution < -0.4 is 5.73 Å². The van der Waals surface area contributed by atoms with E-state index in [0.29, 0.717) is 0 Å². The Labute approximate surface area is 76.8 Å². The zero-order valence-corrected chi connectivity index (χ0v) is 7.73. The number of rotatable bonds is 3. The Morgan fingerprint density at radius 3 is 3.08 bits per heavy atom. The van der Waals surface area contributed by atoms with Crippen LogP contribution in [0.3, 0.4) is 0 Å². The van der Waals surface area contributed by atoms with Crippen molar-refractivity contribution in [3.63, 3.8) is 0 Å². The van der Waals surface area contributed by atoms with Gasteiger partial charge in [-0.1, -0.05) is 5.92 Å². The van der Waals surface area contributed by atoms with Crippen molar-refractivity contribution in [1.82, 2.24) is 4.98 Å². The van der Waals surface area contributed by atoms with Crippen LogP contribution in [0.15, 0.2) is 10.9 Å². The number of aromatic nitrogens is 1. The molecule has 0 unspecified atom stereocenters. The van der Waals surface area contributed by atoms with Crippen molar-refractivity contribution >= 4 is 11.3 Å². The standard InChI is InChI=1S/C9H12N2S/c10-6-4-2-1-3-5-9-7-12-8-11-9/h7-8H,1-2,4,6,10H2. The number of hydrogen-bond acceptors (Lipinski definition) is 3. The van der Waals surface area contributed by atoms with Crippen molar-refractivity contribution in [3.8, 4) is 11.8 Å². The first-order valence-corrected chi connectivity index (χ1v) is 4.95. The summed E-state index contributed by atoms with van der Waals surface area (Å²) in [6.45, 7) is 0.762. The van der Waals surface area contributed by atoms with Gasteiger partial charge in [0.2, 0.25) is 0 Å². The topological polar surface area (TPSA) is 38.9 Å². The molecule has 0 saturated carbocycles. The normalized spacial score (nSPS) is 9.08. The fraction of sp³-hybridized carbons (Fsp3) is 0.444. The van der Waals surface area contributed by atoms with Crippen molar-refractivity contribution in [1.29, 1.82) is 0 Å². The predicted molar refractivity (Wildman–Crippen MR) is 51.9 cm³/mol. The molecule has 0 fully saturated rings. The van der Waals surface area contributed by atoms with Gasteiger partial charge in [-0.15, -0.1) is 11.3 Å². The smallest absolute Gasteiger partial charge is 0.124 e. The first-order chi connectivity index (χ1) is 5.93. The highest BCUT2D eigenvalue weighted by atomic mass is 32.1. The third-order valence-electron chi connectivity index (χ3n) is 1.40. The van der Waals surface area contributed by atoms with E-state index in [4.69, 9.17) is 5.73 Å². The minimum Gasteiger partial charge on any atom is -0.330 e. The van der Waals surface area contributed by atoms with Crippen molar-refractivity contribution in [3.05, 3.63) is 16.6 Å². The average Bonchev–Trinajstić information content (AvgIpc) is 2.57. The molecule has 0 aliphatic carbocycles. The minimum absolute atomic E-state index is 0.762. The van der Waals surface area contributed by atoms with Gasteiger partial charge in [0.15, 0.2) is 0 Å². The Bertz CT molecular complexity index is 256. The first-order valence-electron chi connectivity index (χ1n) is 4.00. The Balaban J connectivity index is 2.21. The SMILES string of the molecule is NCCCCC#Cc1cscn1. The van der Waals surface area contributed by atoms with Gasteiger partial charge in [0.05, 0.1) is 5.51 Å². The van der Waals surface area contributed by atoms with Crippen LogP contribution in [0.1, 0.15) is 25.0 Å². The molecule has 64 valence electrons. The van der Waals surface area contributed by atoms with E-state index < -0.39 is 0 Å². The van der Waals surface area contributed by atoms with Gasteiger partial charge in [-0.3, -0.25) is 0 Å². The molecular formula is C9H12N2S. The summed E-state index contributed by atoms with van der Waals surface area (Å²) in [5.74, 6) is 6.05. The zero-order valence-electron chi connectivity index (χ0n) is 6.92. The van der Waals surface area contributed by atoms with E-state index in [1.807, 2.05) is 5.38 Å². The summed E-state index contributed by atoms with van der Waals surface area (Å²) in [7, 11) is 0. The van der Waals surface area contributed by atoms with E-state index in [-0.39, 0.29) is 0 Å². The van der Waals surface area contributed by atoms with E-state index in [9.17, 15) is 0 Å². The van der Waals surface area contributed by atoms with Crippen LogP contribution in [-0.2, 0) is 0 Å². The summed E-state index contributed by atoms with van der Waals surface area (Å²) in [6, 6.07) is 0. The Morgan fingerprint density at radius 2 is 2.42 bits per heavy atom. The third kappa shape index (κ3) is 3.51. The maximum absolute atomic E-state index is 5.35. The van der Waals surface area contributed by atoms with Gasteiger partial charge in [0, 0.05) is 11.8 Å². The van der Waals surface area contributed by atoms with Crippen molar-refractivity contribution < 1.29 is 0 Å². The number of nitrogens with two attached hydrogens (primary N) is 1. The van der Waals surface area contributed by atoms with Crippen LogP contribution in [-0.4, -0.2) is 11.5 Å². The molecule has 3 heteroatoms. The molecule has 0 aliphatic rings. The molecule has 0 bridgehead atoms. The van der Waals surface area contributed by atoms with Gasteiger partial charge >= 0.3 is 0 Å². The van der Waals surface area contributed by atoms with E-state index in [1.54, 1.807) is 16.8 Å². The van der Waals surface area contributed by atoms with Gasteiger partial charge in [0.25, 0.3) is 0 Å². The van der Waals surface area contributed by atoms with Gasteiger partial charge in [-0.05, 0) is 25.3 Å². The lowest BCUT2D eigenvalue weighted by Gasteiger charge is -1.87. The predicted octanol–water partition coefficient (Wildman–Crippen LogP) is 1.62. The lowest BCUT2D eigenvalue weighted by molar-refractivity contribution is 0.767. The second-order valence-electron chi connectivity index (χ2n) is 2.42. The second-order valence-corrected chi connectivity index (χ2v) is 3.14. The minimum atomic E-state index is 0.762. The molecule has 1 heterocycles. The average molecular weight is 180 g/mol. The number of nitrogens with zero attached hydrogens (tertiary/aromatic N) is 1. The number of hydrogen-bond donors (Lipinski definition) is 1. The Hall–Kier alpha value is -0.850. The molecule has 0 saturated heterocycles. The van der Waals surface area contributed by atoms with E-state index in [0.717, 1.165) is 31.5 Å². The maximum Gasteiger partial charge on any atom is 0.124 e. The molecule has 2 N–H and O–H groups in total. The summed E-state index contributed by atoms with van der Waals surface area (Å²) in [6.07, 6.45) is 3.08. The van der Waals surface area contributed by atoms with Crippen LogP contribution in [0.2, 0.25) is 0 Å². The molecule has 1 aromatic rings. The summed E-state index contributed by atoms with van der Waals surface area (Å²) in [5.41, 5.74) is 8.02. The second kappa shape index (κ2) is 5.76. The highest BCUT2D eigenvalue weighted by Crippen LogP contribution is 1.98.